The van der Waals surface area contributed by atoms with Crippen molar-refractivity contribution < 1.29 is 4.79 Å². The molecule has 0 atom stereocenters. The molecule has 4 heteroatoms. The first-order valence-corrected chi connectivity index (χ1v) is 7.82. The van der Waals surface area contributed by atoms with E-state index < -0.39 is 0 Å². The Morgan fingerprint density at radius 2 is 1.95 bits per heavy atom. The number of nitrogens with zero attached hydrogens (tertiary/aromatic N) is 1. The Morgan fingerprint density at radius 3 is 2.67 bits per heavy atom. The third kappa shape index (κ3) is 5.38. The Bertz CT molecular complexity index is 467. The van der Waals surface area contributed by atoms with E-state index in [1.165, 1.54) is 19.3 Å². The third-order valence-electron chi connectivity index (χ3n) is 4.28. The lowest BCUT2D eigenvalue weighted by atomic mass is 9.85. The topological polar surface area (TPSA) is 58.4 Å². The maximum atomic E-state index is 12.0. The van der Waals surface area contributed by atoms with Crippen LogP contribution in [0.25, 0.3) is 0 Å². The molecule has 1 saturated heterocycles. The molecule has 1 aliphatic heterocycles. The highest BCUT2D eigenvalue weighted by molar-refractivity contribution is 5.90. The van der Waals surface area contributed by atoms with Gasteiger partial charge in [-0.15, -0.1) is 0 Å². The molecule has 0 bridgehead atoms. The minimum atomic E-state index is 0.0725. The minimum absolute atomic E-state index is 0.0725. The fourth-order valence-corrected chi connectivity index (χ4v) is 2.75. The summed E-state index contributed by atoms with van der Waals surface area (Å²) in [5.41, 5.74) is 7.60. The van der Waals surface area contributed by atoms with Gasteiger partial charge in [0.05, 0.1) is 0 Å². The van der Waals surface area contributed by atoms with E-state index in [-0.39, 0.29) is 5.91 Å². The van der Waals surface area contributed by atoms with Crippen LogP contribution in [0.2, 0.25) is 0 Å². The summed E-state index contributed by atoms with van der Waals surface area (Å²) in [5.74, 6) is 0.0725. The normalized spacial score (nSPS) is 19.0. The number of likely N-dealkylation sites (tertiary alicyclic amines) is 1. The van der Waals surface area contributed by atoms with E-state index in [0.717, 1.165) is 25.3 Å². The summed E-state index contributed by atoms with van der Waals surface area (Å²) < 4.78 is 0. The molecule has 0 saturated carbocycles. The van der Waals surface area contributed by atoms with Crippen molar-refractivity contribution in [2.75, 3.05) is 30.7 Å². The van der Waals surface area contributed by atoms with Gasteiger partial charge in [0.1, 0.15) is 0 Å². The fraction of sp³-hybridized carbons (Fsp3) is 0.588. The van der Waals surface area contributed by atoms with Crippen LogP contribution in [0.3, 0.4) is 0 Å². The highest BCUT2D eigenvalue weighted by Gasteiger charge is 2.23. The Balaban J connectivity index is 1.75. The van der Waals surface area contributed by atoms with Crippen LogP contribution in [-0.4, -0.2) is 30.4 Å². The molecule has 0 unspecified atom stereocenters. The number of carbonyl (C=O) groups is 1. The van der Waals surface area contributed by atoms with Gasteiger partial charge in [-0.2, -0.15) is 0 Å². The number of amides is 1. The average Bonchev–Trinajstić information content (AvgIpc) is 2.60. The van der Waals surface area contributed by atoms with Gasteiger partial charge in [0.15, 0.2) is 0 Å². The van der Waals surface area contributed by atoms with Gasteiger partial charge in [0, 0.05) is 24.3 Å². The van der Waals surface area contributed by atoms with Gasteiger partial charge in [-0.3, -0.25) is 4.79 Å². The van der Waals surface area contributed by atoms with E-state index in [1.54, 1.807) is 12.1 Å². The van der Waals surface area contributed by atoms with Crippen LogP contribution in [0.15, 0.2) is 24.3 Å². The van der Waals surface area contributed by atoms with Crippen molar-refractivity contribution >= 4 is 17.3 Å². The van der Waals surface area contributed by atoms with Crippen molar-refractivity contribution in [3.05, 3.63) is 24.3 Å². The number of hydrogen-bond acceptors (Lipinski definition) is 3. The predicted molar refractivity (Wildman–Crippen MR) is 88.2 cm³/mol. The van der Waals surface area contributed by atoms with Crippen LogP contribution in [-0.2, 0) is 4.79 Å². The molecule has 2 rings (SSSR count). The van der Waals surface area contributed by atoms with Crippen LogP contribution in [0.5, 0.6) is 0 Å². The molecule has 1 heterocycles. The molecule has 1 aromatic rings. The molecule has 116 valence electrons. The van der Waals surface area contributed by atoms with Gasteiger partial charge in [0.25, 0.3) is 0 Å². The summed E-state index contributed by atoms with van der Waals surface area (Å²) in [6.45, 7) is 7.73. The molecule has 21 heavy (non-hydrogen) atoms. The second-order valence-electron chi connectivity index (χ2n) is 6.78. The highest BCUT2D eigenvalue weighted by Crippen LogP contribution is 2.29. The molecule has 1 amide bonds. The maximum absolute atomic E-state index is 12.0. The highest BCUT2D eigenvalue weighted by atomic mass is 16.1. The number of benzene rings is 1. The van der Waals surface area contributed by atoms with Crippen LogP contribution >= 0.6 is 0 Å². The number of nitrogens with two attached hydrogens (primary N) is 1. The number of hydrogen-bond donors (Lipinski definition) is 2. The Kier molecular flexibility index (Phi) is 5.23. The van der Waals surface area contributed by atoms with E-state index in [2.05, 4.69) is 24.1 Å². The molecule has 3 N–H and O–H groups in total. The quantitative estimate of drug-likeness (QED) is 0.837. The lowest BCUT2D eigenvalue weighted by Crippen LogP contribution is -2.29. The van der Waals surface area contributed by atoms with Crippen molar-refractivity contribution in [3.63, 3.8) is 0 Å². The van der Waals surface area contributed by atoms with Gasteiger partial charge in [-0.25, -0.2) is 0 Å². The molecule has 0 aliphatic carbocycles. The Morgan fingerprint density at radius 1 is 1.24 bits per heavy atom. The zero-order chi connectivity index (χ0) is 15.3. The summed E-state index contributed by atoms with van der Waals surface area (Å²) >= 11 is 0. The predicted octanol–water partition coefficient (Wildman–Crippen LogP) is 3.11. The van der Waals surface area contributed by atoms with Gasteiger partial charge < -0.3 is 16.0 Å². The smallest absolute Gasteiger partial charge is 0.225 e. The SMILES string of the molecule is CC1(C)CCCN(CCC(=O)Nc2ccc(N)cc2)CC1. The summed E-state index contributed by atoms with van der Waals surface area (Å²) in [6, 6.07) is 7.27. The largest absolute Gasteiger partial charge is 0.399 e. The Hall–Kier alpha value is -1.55. The first-order valence-electron chi connectivity index (χ1n) is 7.82. The minimum Gasteiger partial charge on any atom is -0.399 e. The lowest BCUT2D eigenvalue weighted by molar-refractivity contribution is -0.116. The Labute approximate surface area is 127 Å². The van der Waals surface area contributed by atoms with Gasteiger partial charge >= 0.3 is 0 Å². The van der Waals surface area contributed by atoms with E-state index in [1.807, 2.05) is 12.1 Å². The van der Waals surface area contributed by atoms with Crippen molar-refractivity contribution in [2.45, 2.75) is 39.5 Å². The van der Waals surface area contributed by atoms with Gasteiger partial charge in [-0.1, -0.05) is 13.8 Å². The monoisotopic (exact) mass is 289 g/mol. The molecule has 4 nitrogen and oxygen atoms in total. The summed E-state index contributed by atoms with van der Waals surface area (Å²) in [4.78, 5) is 14.4. The van der Waals surface area contributed by atoms with Crippen LogP contribution in [0, 0.1) is 5.41 Å². The lowest BCUT2D eigenvalue weighted by Gasteiger charge is -2.23. The van der Waals surface area contributed by atoms with E-state index in [4.69, 9.17) is 5.73 Å². The molecule has 1 aliphatic rings. The fourth-order valence-electron chi connectivity index (χ4n) is 2.75. The number of anilines is 2. The zero-order valence-corrected chi connectivity index (χ0v) is 13.2. The number of nitrogen functional groups attached to an aromatic ring is 1. The molecule has 0 aromatic heterocycles. The first-order chi connectivity index (χ1) is 9.94. The summed E-state index contributed by atoms with van der Waals surface area (Å²) in [6.07, 6.45) is 4.27. The van der Waals surface area contributed by atoms with Crippen LogP contribution in [0.4, 0.5) is 11.4 Å². The van der Waals surface area contributed by atoms with E-state index in [0.29, 0.717) is 17.5 Å². The van der Waals surface area contributed by atoms with Gasteiger partial charge in [0.2, 0.25) is 5.91 Å². The van der Waals surface area contributed by atoms with Crippen molar-refractivity contribution in [3.8, 4) is 0 Å². The molecule has 0 spiro atoms. The first kappa shape index (κ1) is 15.8. The number of nitrogens with one attached hydrogen (secondary N) is 1. The second kappa shape index (κ2) is 6.94. The standard InChI is InChI=1S/C17H27N3O/c1-17(2)9-3-11-20(13-10-17)12-8-16(21)19-15-6-4-14(18)5-7-15/h4-7H,3,8-13,18H2,1-2H3,(H,19,21). The van der Waals surface area contributed by atoms with Crippen LogP contribution < -0.4 is 11.1 Å². The molecular weight excluding hydrogens is 262 g/mol. The number of carbonyl (C=O) groups excluding carboxylic acids is 1. The molecule has 0 radical (unpaired) electrons. The van der Waals surface area contributed by atoms with Gasteiger partial charge in [-0.05, 0) is 62.0 Å². The van der Waals surface area contributed by atoms with Crippen LogP contribution in [0.1, 0.15) is 39.5 Å². The summed E-state index contributed by atoms with van der Waals surface area (Å²) in [5, 5.41) is 2.92. The second-order valence-corrected chi connectivity index (χ2v) is 6.78. The molecule has 1 fully saturated rings. The average molecular weight is 289 g/mol. The molecule has 1 aromatic carbocycles. The van der Waals surface area contributed by atoms with E-state index in [9.17, 15) is 4.79 Å². The number of rotatable bonds is 4. The maximum Gasteiger partial charge on any atom is 0.225 e. The summed E-state index contributed by atoms with van der Waals surface area (Å²) in [7, 11) is 0. The zero-order valence-electron chi connectivity index (χ0n) is 13.2. The van der Waals surface area contributed by atoms with Crippen molar-refractivity contribution in [1.29, 1.82) is 0 Å². The molecular formula is C17H27N3O. The van der Waals surface area contributed by atoms with Crippen molar-refractivity contribution in [2.24, 2.45) is 5.41 Å². The van der Waals surface area contributed by atoms with Crippen molar-refractivity contribution in [1.82, 2.24) is 4.90 Å². The van der Waals surface area contributed by atoms with E-state index >= 15 is 0 Å². The third-order valence-corrected chi connectivity index (χ3v) is 4.28.